The first-order chi connectivity index (χ1) is 21.5. The molecule has 1 aromatic rings. The van der Waals surface area contributed by atoms with Gasteiger partial charge in [-0.1, -0.05) is 103 Å². The summed E-state index contributed by atoms with van der Waals surface area (Å²) in [7, 11) is 1.46. The molecule has 0 saturated carbocycles. The van der Waals surface area contributed by atoms with Crippen LogP contribution in [0, 0.1) is 0 Å². The Bertz CT molecular complexity index is 892. The molecular formula is C34H61IN4O6. The summed E-state index contributed by atoms with van der Waals surface area (Å²) < 4.78 is 17.4. The molecule has 1 atom stereocenters. The number of nitrogens with zero attached hydrogens (tertiary/aromatic N) is 1. The van der Waals surface area contributed by atoms with E-state index in [1.54, 1.807) is 12.1 Å². The van der Waals surface area contributed by atoms with Crippen molar-refractivity contribution in [2.45, 2.75) is 129 Å². The number of aryl methyl sites for hydroxylation is 1. The van der Waals surface area contributed by atoms with Gasteiger partial charge in [0.1, 0.15) is 25.9 Å². The molecule has 3 amide bonds. The number of ether oxygens (including phenoxy) is 3. The van der Waals surface area contributed by atoms with Crippen molar-refractivity contribution in [3.05, 3.63) is 30.1 Å². The number of carbonyl (C=O) groups excluding carboxylic acids is 3. The van der Waals surface area contributed by atoms with Gasteiger partial charge >= 0.3 is 18.1 Å². The van der Waals surface area contributed by atoms with Crippen LogP contribution in [0.25, 0.3) is 0 Å². The Hall–Kier alpha value is -2.15. The number of hydrogen-bond acceptors (Lipinski definition) is 6. The number of nitrogens with one attached hydrogen (secondary N) is 3. The molecule has 3 N–H and O–H groups in total. The van der Waals surface area contributed by atoms with Gasteiger partial charge in [0.05, 0.1) is 0 Å². The summed E-state index contributed by atoms with van der Waals surface area (Å²) in [5.74, 6) is -0.215. The molecule has 45 heavy (non-hydrogen) atoms. The van der Waals surface area contributed by atoms with Crippen molar-refractivity contribution in [3.63, 3.8) is 0 Å². The van der Waals surface area contributed by atoms with Crippen LogP contribution in [-0.2, 0) is 20.8 Å². The lowest BCUT2D eigenvalue weighted by Crippen LogP contribution is -3.00. The first-order valence-corrected chi connectivity index (χ1v) is 17.1. The third-order valence-corrected chi connectivity index (χ3v) is 7.63. The molecule has 0 fully saturated rings. The summed E-state index contributed by atoms with van der Waals surface area (Å²) in [4.78, 5) is 36.3. The second-order valence-electron chi connectivity index (χ2n) is 11.3. The van der Waals surface area contributed by atoms with Crippen LogP contribution in [0.15, 0.2) is 24.4 Å². The fourth-order valence-corrected chi connectivity index (χ4v) is 4.88. The van der Waals surface area contributed by atoms with Gasteiger partial charge in [-0.05, 0) is 19.4 Å². The van der Waals surface area contributed by atoms with Crippen LogP contribution in [0.2, 0.25) is 0 Å². The molecule has 0 aliphatic heterocycles. The molecule has 0 spiro atoms. The first-order valence-electron chi connectivity index (χ1n) is 17.1. The second kappa shape index (κ2) is 30.5. The van der Waals surface area contributed by atoms with Gasteiger partial charge in [-0.25, -0.2) is 9.59 Å². The van der Waals surface area contributed by atoms with E-state index in [2.05, 4.69) is 22.9 Å². The molecule has 0 aromatic carbocycles. The maximum atomic E-state index is 12.3. The molecule has 0 saturated heterocycles. The van der Waals surface area contributed by atoms with E-state index in [1.165, 1.54) is 97.0 Å². The number of amides is 3. The lowest BCUT2D eigenvalue weighted by atomic mass is 10.0. The maximum absolute atomic E-state index is 12.3. The van der Waals surface area contributed by atoms with Crippen LogP contribution >= 0.6 is 0 Å². The number of carbonyl (C=O) groups is 3. The highest BCUT2D eigenvalue weighted by atomic mass is 127. The molecule has 1 heterocycles. The largest absolute Gasteiger partial charge is 1.00 e. The van der Waals surface area contributed by atoms with Gasteiger partial charge in [-0.2, -0.15) is 4.57 Å². The van der Waals surface area contributed by atoms with E-state index in [4.69, 9.17) is 14.2 Å². The Morgan fingerprint density at radius 1 is 0.667 bits per heavy atom. The Kier molecular flexibility index (Phi) is 29.0. The van der Waals surface area contributed by atoms with Crippen LogP contribution < -0.4 is 44.5 Å². The van der Waals surface area contributed by atoms with Crippen LogP contribution in [-0.4, -0.2) is 64.2 Å². The molecule has 11 heteroatoms. The summed E-state index contributed by atoms with van der Waals surface area (Å²) in [5.41, 5.74) is 0.551. The van der Waals surface area contributed by atoms with Gasteiger partial charge in [0.15, 0.2) is 6.20 Å². The normalized spacial score (nSPS) is 11.3. The van der Waals surface area contributed by atoms with Gasteiger partial charge in [-0.3, -0.25) is 4.79 Å². The van der Waals surface area contributed by atoms with E-state index in [0.29, 0.717) is 18.8 Å². The Balaban J connectivity index is 0.0000194. The van der Waals surface area contributed by atoms with Gasteiger partial charge in [0.2, 0.25) is 0 Å². The standard InChI is InChI=1S/C34H60N4O6.HI/c1-4-6-7-8-9-10-11-12-13-14-15-16-17-18-19-21-24-36-33(40)43-28-30(42-3)29-44-34(41)37-26-25-35-32(39)31-23-20-22-27-38(31)5-2;/h20,22-23,27,30H,4-19,21,24-26,28-29H2,1-3H3,(H2-,35,36,37,39,40,41);1H. The quantitative estimate of drug-likeness (QED) is 0.0722. The minimum atomic E-state index is -0.641. The summed E-state index contributed by atoms with van der Waals surface area (Å²) in [5, 5.41) is 8.11. The maximum Gasteiger partial charge on any atom is 0.407 e. The Morgan fingerprint density at radius 3 is 1.62 bits per heavy atom. The zero-order valence-electron chi connectivity index (χ0n) is 28.2. The highest BCUT2D eigenvalue weighted by molar-refractivity contribution is 5.90. The highest BCUT2D eigenvalue weighted by Gasteiger charge is 2.17. The third kappa shape index (κ3) is 23.8. The molecular weight excluding hydrogens is 687 g/mol. The van der Waals surface area contributed by atoms with E-state index in [9.17, 15) is 14.4 Å². The fraction of sp³-hybridized carbons (Fsp3) is 0.765. The van der Waals surface area contributed by atoms with Gasteiger partial charge in [-0.15, -0.1) is 0 Å². The van der Waals surface area contributed by atoms with Crippen molar-refractivity contribution in [3.8, 4) is 0 Å². The summed E-state index contributed by atoms with van der Waals surface area (Å²) in [6, 6.07) is 5.42. The molecule has 10 nitrogen and oxygen atoms in total. The van der Waals surface area contributed by atoms with Crippen molar-refractivity contribution >= 4 is 18.1 Å². The van der Waals surface area contributed by atoms with Gasteiger partial charge in [0, 0.05) is 38.9 Å². The van der Waals surface area contributed by atoms with Crippen molar-refractivity contribution in [2.24, 2.45) is 0 Å². The van der Waals surface area contributed by atoms with E-state index >= 15 is 0 Å². The Labute approximate surface area is 289 Å². The van der Waals surface area contributed by atoms with Crippen LogP contribution in [0.3, 0.4) is 0 Å². The van der Waals surface area contributed by atoms with E-state index in [0.717, 1.165) is 12.8 Å². The molecule has 1 rings (SSSR count). The molecule has 1 unspecified atom stereocenters. The summed E-state index contributed by atoms with van der Waals surface area (Å²) in [6.07, 6.45) is 21.1. The summed E-state index contributed by atoms with van der Waals surface area (Å²) >= 11 is 0. The number of rotatable bonds is 27. The minimum absolute atomic E-state index is 0. The topological polar surface area (TPSA) is 119 Å². The van der Waals surface area contributed by atoms with E-state index < -0.39 is 18.3 Å². The smallest absolute Gasteiger partial charge is 0.407 e. The predicted molar refractivity (Wildman–Crippen MR) is 174 cm³/mol. The fourth-order valence-electron chi connectivity index (χ4n) is 4.88. The molecule has 0 aliphatic carbocycles. The highest BCUT2D eigenvalue weighted by Crippen LogP contribution is 2.13. The zero-order chi connectivity index (χ0) is 32.1. The molecule has 260 valence electrons. The number of aromatic nitrogens is 1. The number of methoxy groups -OCH3 is 1. The second-order valence-corrected chi connectivity index (χ2v) is 11.3. The van der Waals surface area contributed by atoms with Crippen molar-refractivity contribution < 1.29 is 57.1 Å². The lowest BCUT2D eigenvalue weighted by molar-refractivity contribution is -0.695. The predicted octanol–water partition coefficient (Wildman–Crippen LogP) is 3.46. The average Bonchev–Trinajstić information content (AvgIpc) is 3.04. The summed E-state index contributed by atoms with van der Waals surface area (Å²) in [6.45, 7) is 5.85. The van der Waals surface area contributed by atoms with Crippen molar-refractivity contribution in [2.75, 3.05) is 40.0 Å². The van der Waals surface area contributed by atoms with Crippen molar-refractivity contribution in [1.82, 2.24) is 16.0 Å². The SMILES string of the molecule is CCCCCCCCCCCCCCCCCCNC(=O)OCC(COC(=O)NCCNC(=O)c1cccc[n+]1CC)OC.[I-]. The molecule has 1 aromatic heterocycles. The lowest BCUT2D eigenvalue weighted by Gasteiger charge is -2.16. The Morgan fingerprint density at radius 2 is 1.13 bits per heavy atom. The number of alkyl carbamates (subject to hydrolysis) is 2. The molecule has 0 radical (unpaired) electrons. The van der Waals surface area contributed by atoms with E-state index in [-0.39, 0.29) is 56.2 Å². The molecule has 0 bridgehead atoms. The van der Waals surface area contributed by atoms with Gasteiger partial charge < -0.3 is 54.1 Å². The zero-order valence-corrected chi connectivity index (χ0v) is 30.4. The third-order valence-electron chi connectivity index (χ3n) is 7.63. The van der Waals surface area contributed by atoms with E-state index in [1.807, 2.05) is 23.8 Å². The average molecular weight is 749 g/mol. The van der Waals surface area contributed by atoms with Crippen LogP contribution in [0.4, 0.5) is 9.59 Å². The van der Waals surface area contributed by atoms with Gasteiger partial charge in [0.25, 0.3) is 5.69 Å². The number of hydrogen-bond donors (Lipinski definition) is 3. The number of unbranched alkanes of at least 4 members (excludes halogenated alkanes) is 15. The first kappa shape index (κ1) is 42.9. The van der Waals surface area contributed by atoms with Crippen LogP contribution in [0.1, 0.15) is 127 Å². The minimum Gasteiger partial charge on any atom is -1.00 e. The van der Waals surface area contributed by atoms with Crippen molar-refractivity contribution in [1.29, 1.82) is 0 Å². The number of pyridine rings is 1. The monoisotopic (exact) mass is 748 g/mol. The molecule has 0 aliphatic rings. The number of halogens is 1. The van der Waals surface area contributed by atoms with Crippen LogP contribution in [0.5, 0.6) is 0 Å².